The highest BCUT2D eigenvalue weighted by Gasteiger charge is 2.39. The average Bonchev–Trinajstić information content (AvgIpc) is 3.27. The van der Waals surface area contributed by atoms with Gasteiger partial charge in [0.2, 0.25) is 10.0 Å². The SMILES string of the molecule is CC1CC(C)CN(C2CCN(C(=O)OC[C@H]3CCC[C@@H](C)N3S(=O)(=O)c3ccc(Cl)cc3)C2)C1. The minimum Gasteiger partial charge on any atom is -0.448 e. The number of hydrogen-bond acceptors (Lipinski definition) is 5. The quantitative estimate of drug-likeness (QED) is 0.583. The van der Waals surface area contributed by atoms with Gasteiger partial charge in [-0.1, -0.05) is 31.9 Å². The molecule has 0 radical (unpaired) electrons. The summed E-state index contributed by atoms with van der Waals surface area (Å²) in [6, 6.07) is 6.11. The molecule has 3 fully saturated rings. The Kier molecular flexibility index (Phi) is 8.12. The largest absolute Gasteiger partial charge is 0.448 e. The molecular weight excluding hydrogens is 474 g/mol. The second-order valence-corrected chi connectivity index (χ2v) is 12.9. The smallest absolute Gasteiger partial charge is 0.409 e. The van der Waals surface area contributed by atoms with Gasteiger partial charge in [-0.3, -0.25) is 4.90 Å². The van der Waals surface area contributed by atoms with E-state index in [1.54, 1.807) is 17.0 Å². The van der Waals surface area contributed by atoms with Gasteiger partial charge in [-0.15, -0.1) is 0 Å². The molecule has 0 aliphatic carbocycles. The summed E-state index contributed by atoms with van der Waals surface area (Å²) < 4.78 is 34.1. The van der Waals surface area contributed by atoms with Crippen molar-refractivity contribution in [3.63, 3.8) is 0 Å². The molecule has 0 aromatic heterocycles. The molecule has 9 heteroatoms. The fourth-order valence-electron chi connectivity index (χ4n) is 6.06. The number of hydrogen-bond donors (Lipinski definition) is 0. The zero-order chi connectivity index (χ0) is 24.5. The summed E-state index contributed by atoms with van der Waals surface area (Å²) in [4.78, 5) is 17.4. The second-order valence-electron chi connectivity index (χ2n) is 10.6. The molecule has 3 aliphatic heterocycles. The summed E-state index contributed by atoms with van der Waals surface area (Å²) in [7, 11) is -3.71. The predicted molar refractivity (Wildman–Crippen MR) is 133 cm³/mol. The average molecular weight is 512 g/mol. The van der Waals surface area contributed by atoms with Crippen LogP contribution in [-0.2, 0) is 14.8 Å². The molecule has 1 aromatic rings. The van der Waals surface area contributed by atoms with E-state index in [1.807, 2.05) is 6.92 Å². The van der Waals surface area contributed by atoms with Gasteiger partial charge in [0, 0.05) is 43.3 Å². The van der Waals surface area contributed by atoms with Crippen LogP contribution in [0.4, 0.5) is 4.79 Å². The molecule has 4 rings (SSSR count). The van der Waals surface area contributed by atoms with E-state index < -0.39 is 10.0 Å². The maximum atomic E-state index is 13.4. The van der Waals surface area contributed by atoms with Crippen LogP contribution >= 0.6 is 11.6 Å². The third-order valence-corrected chi connectivity index (χ3v) is 9.91. The van der Waals surface area contributed by atoms with Crippen molar-refractivity contribution in [2.24, 2.45) is 11.8 Å². The van der Waals surface area contributed by atoms with Gasteiger partial charge in [-0.05, 0) is 68.7 Å². The van der Waals surface area contributed by atoms with Gasteiger partial charge in [0.25, 0.3) is 0 Å². The van der Waals surface area contributed by atoms with Crippen molar-refractivity contribution in [2.45, 2.75) is 75.9 Å². The van der Waals surface area contributed by atoms with E-state index in [2.05, 4.69) is 18.7 Å². The standard InChI is InChI=1S/C25H38ClN3O4S/c1-18-13-19(2)15-28(14-18)22-11-12-27(16-22)25(30)33-17-23-6-4-5-20(3)29(23)34(31,32)24-9-7-21(26)8-10-24/h7-10,18-20,22-23H,4-6,11-17H2,1-3H3/t18?,19?,20-,22?,23-/m1/s1. The monoisotopic (exact) mass is 511 g/mol. The van der Waals surface area contributed by atoms with Crippen molar-refractivity contribution in [2.75, 3.05) is 32.8 Å². The van der Waals surface area contributed by atoms with Gasteiger partial charge in [0.15, 0.2) is 0 Å². The number of nitrogens with zero attached hydrogens (tertiary/aromatic N) is 3. The maximum Gasteiger partial charge on any atom is 0.409 e. The van der Waals surface area contributed by atoms with Crippen molar-refractivity contribution in [3.05, 3.63) is 29.3 Å². The molecular formula is C25H38ClN3O4S. The number of likely N-dealkylation sites (tertiary alicyclic amines) is 2. The van der Waals surface area contributed by atoms with Gasteiger partial charge < -0.3 is 9.64 Å². The van der Waals surface area contributed by atoms with E-state index >= 15 is 0 Å². The van der Waals surface area contributed by atoms with Crippen molar-refractivity contribution in [1.29, 1.82) is 0 Å². The lowest BCUT2D eigenvalue weighted by molar-refractivity contribution is 0.0637. The Hall–Kier alpha value is -1.35. The molecule has 1 amide bonds. The van der Waals surface area contributed by atoms with Crippen molar-refractivity contribution < 1.29 is 17.9 Å². The molecule has 0 bridgehead atoms. The third kappa shape index (κ3) is 5.72. The molecule has 34 heavy (non-hydrogen) atoms. The Morgan fingerprint density at radius 1 is 1.03 bits per heavy atom. The van der Waals surface area contributed by atoms with Crippen molar-refractivity contribution >= 4 is 27.7 Å². The van der Waals surface area contributed by atoms with Crippen LogP contribution < -0.4 is 0 Å². The molecule has 0 N–H and O–H groups in total. The van der Waals surface area contributed by atoms with Crippen molar-refractivity contribution in [3.8, 4) is 0 Å². The normalized spacial score (nSPS) is 31.5. The number of rotatable bonds is 5. The Balaban J connectivity index is 1.37. The van der Waals surface area contributed by atoms with Gasteiger partial charge >= 0.3 is 6.09 Å². The molecule has 5 atom stereocenters. The summed E-state index contributed by atoms with van der Waals surface area (Å²) in [6.07, 6.45) is 4.28. The number of sulfonamides is 1. The van der Waals surface area contributed by atoms with E-state index in [1.165, 1.54) is 22.9 Å². The van der Waals surface area contributed by atoms with Crippen LogP contribution in [0.1, 0.15) is 52.9 Å². The van der Waals surface area contributed by atoms with Crippen LogP contribution in [0.2, 0.25) is 5.02 Å². The minimum absolute atomic E-state index is 0.0783. The van der Waals surface area contributed by atoms with Gasteiger partial charge in [-0.2, -0.15) is 4.31 Å². The highest BCUT2D eigenvalue weighted by atomic mass is 35.5. The van der Waals surface area contributed by atoms with E-state index in [0.717, 1.165) is 32.4 Å². The highest BCUT2D eigenvalue weighted by molar-refractivity contribution is 7.89. The number of ether oxygens (including phenoxy) is 1. The van der Waals surface area contributed by atoms with E-state index in [-0.39, 0.29) is 29.7 Å². The number of carbonyl (C=O) groups excluding carboxylic acids is 1. The fraction of sp³-hybridized carbons (Fsp3) is 0.720. The fourth-order valence-corrected chi connectivity index (χ4v) is 8.04. The van der Waals surface area contributed by atoms with Crippen LogP contribution in [0, 0.1) is 11.8 Å². The second kappa shape index (κ2) is 10.7. The summed E-state index contributed by atoms with van der Waals surface area (Å²) >= 11 is 5.95. The Morgan fingerprint density at radius 3 is 2.38 bits per heavy atom. The van der Waals surface area contributed by atoms with Crippen LogP contribution in [0.15, 0.2) is 29.2 Å². The number of carbonyl (C=O) groups is 1. The highest BCUT2D eigenvalue weighted by Crippen LogP contribution is 2.31. The summed E-state index contributed by atoms with van der Waals surface area (Å²) in [5.74, 6) is 1.37. The maximum absolute atomic E-state index is 13.4. The Morgan fingerprint density at radius 2 is 1.71 bits per heavy atom. The predicted octanol–water partition coefficient (Wildman–Crippen LogP) is 4.46. The Bertz CT molecular complexity index is 947. The lowest BCUT2D eigenvalue weighted by Crippen LogP contribution is -2.51. The van der Waals surface area contributed by atoms with Crippen LogP contribution in [-0.4, -0.2) is 79.5 Å². The molecule has 7 nitrogen and oxygen atoms in total. The number of piperidine rings is 2. The molecule has 0 spiro atoms. The van der Waals surface area contributed by atoms with Crippen LogP contribution in [0.3, 0.4) is 0 Å². The van der Waals surface area contributed by atoms with Gasteiger partial charge in [0.05, 0.1) is 10.9 Å². The summed E-state index contributed by atoms with van der Waals surface area (Å²) in [6.45, 7) is 10.2. The molecule has 0 saturated carbocycles. The zero-order valence-corrected chi connectivity index (χ0v) is 22.1. The van der Waals surface area contributed by atoms with Crippen LogP contribution in [0.5, 0.6) is 0 Å². The number of halogens is 1. The topological polar surface area (TPSA) is 70.2 Å². The van der Waals surface area contributed by atoms with Crippen LogP contribution in [0.25, 0.3) is 0 Å². The first-order valence-corrected chi connectivity index (χ1v) is 14.4. The first-order chi connectivity index (χ1) is 16.1. The lowest BCUT2D eigenvalue weighted by atomic mass is 9.91. The molecule has 190 valence electrons. The summed E-state index contributed by atoms with van der Waals surface area (Å²) in [5, 5.41) is 0.494. The Labute approximate surface area is 209 Å². The van der Waals surface area contributed by atoms with Gasteiger partial charge in [0.1, 0.15) is 6.61 Å². The molecule has 1 aromatic carbocycles. The van der Waals surface area contributed by atoms with E-state index in [4.69, 9.17) is 16.3 Å². The number of amides is 1. The molecule has 3 unspecified atom stereocenters. The zero-order valence-electron chi connectivity index (χ0n) is 20.5. The molecule has 3 heterocycles. The van der Waals surface area contributed by atoms with E-state index in [0.29, 0.717) is 42.4 Å². The lowest BCUT2D eigenvalue weighted by Gasteiger charge is -2.39. The first kappa shape index (κ1) is 25.7. The third-order valence-electron chi connectivity index (χ3n) is 7.58. The summed E-state index contributed by atoms with van der Waals surface area (Å²) in [5.41, 5.74) is 0. The molecule has 3 aliphatic rings. The van der Waals surface area contributed by atoms with Gasteiger partial charge in [-0.25, -0.2) is 13.2 Å². The van der Waals surface area contributed by atoms with E-state index in [9.17, 15) is 13.2 Å². The minimum atomic E-state index is -3.71. The first-order valence-electron chi connectivity index (χ1n) is 12.6. The number of benzene rings is 1. The molecule has 3 saturated heterocycles. The van der Waals surface area contributed by atoms with Crippen molar-refractivity contribution in [1.82, 2.24) is 14.1 Å².